The molecule has 0 unspecified atom stereocenters. The Morgan fingerprint density at radius 1 is 0.727 bits per heavy atom. The van der Waals surface area contributed by atoms with E-state index in [0.717, 1.165) is 0 Å². The average molecular weight is 412 g/mol. The van der Waals surface area contributed by atoms with E-state index in [0.29, 0.717) is 11.8 Å². The number of halogens is 2. The van der Waals surface area contributed by atoms with Gasteiger partial charge in [-0.05, 0) is 45.2 Å². The molecule has 0 nitrogen and oxygen atoms in total. The summed E-state index contributed by atoms with van der Waals surface area (Å²) >= 11 is -0.826. The van der Waals surface area contributed by atoms with Crippen LogP contribution in [0.4, 0.5) is 0 Å². The summed E-state index contributed by atoms with van der Waals surface area (Å²) in [5.74, 6) is 1.18. The zero-order valence-electron chi connectivity index (χ0n) is 13.5. The maximum atomic E-state index is 4.93. The topological polar surface area (TPSA) is 0 Å². The number of hydrogen-bond donors (Lipinski definition) is 0. The molecule has 1 aliphatic carbocycles. The van der Waals surface area contributed by atoms with Crippen LogP contribution >= 0.6 is 17.0 Å². The van der Waals surface area contributed by atoms with Crippen molar-refractivity contribution in [3.63, 3.8) is 0 Å². The molecule has 1 radical (unpaired) electrons. The van der Waals surface area contributed by atoms with Gasteiger partial charge in [-0.1, -0.05) is 64.1 Å². The Morgan fingerprint density at radius 2 is 1.09 bits per heavy atom. The van der Waals surface area contributed by atoms with Crippen LogP contribution in [0.5, 0.6) is 0 Å². The molecule has 2 aromatic carbocycles. The van der Waals surface area contributed by atoms with Crippen molar-refractivity contribution < 1.29 is 20.8 Å². The molecule has 0 N–H and O–H groups in total. The zero-order valence-corrected chi connectivity index (χ0v) is 17.4. The minimum absolute atomic E-state index is 0.591. The monoisotopic (exact) mass is 409 g/mol. The van der Waals surface area contributed by atoms with E-state index in [9.17, 15) is 0 Å². The molecule has 0 amide bonds. The van der Waals surface area contributed by atoms with Crippen molar-refractivity contribution in [3.05, 3.63) is 65.1 Å². The fourth-order valence-electron chi connectivity index (χ4n) is 2.78. The van der Waals surface area contributed by atoms with Crippen LogP contribution in [0.25, 0.3) is 11.1 Å². The van der Waals surface area contributed by atoms with E-state index in [1.54, 1.807) is 0 Å². The van der Waals surface area contributed by atoms with Gasteiger partial charge in [0.25, 0.3) is 0 Å². The predicted molar refractivity (Wildman–Crippen MR) is 94.3 cm³/mol. The summed E-state index contributed by atoms with van der Waals surface area (Å²) in [6.07, 6.45) is 2.34. The van der Waals surface area contributed by atoms with Gasteiger partial charge >= 0.3 is 37.9 Å². The number of fused-ring (bicyclic) bond motifs is 3. The fraction of sp³-hybridized carbons (Fsp3) is 0.316. The fourth-order valence-corrected chi connectivity index (χ4v) is 2.78. The normalized spacial score (nSPS) is 11.8. The van der Waals surface area contributed by atoms with Gasteiger partial charge < -0.3 is 0 Å². The second-order valence-electron chi connectivity index (χ2n) is 6.22. The Hall–Kier alpha value is -0.0969. The summed E-state index contributed by atoms with van der Waals surface area (Å²) in [4.78, 5) is 0. The van der Waals surface area contributed by atoms with Gasteiger partial charge in [-0.2, -0.15) is 0 Å². The van der Waals surface area contributed by atoms with Crippen molar-refractivity contribution in [2.75, 3.05) is 0 Å². The summed E-state index contributed by atoms with van der Waals surface area (Å²) in [5.41, 5.74) is 8.37. The first kappa shape index (κ1) is 18.2. The van der Waals surface area contributed by atoms with Gasteiger partial charge in [0.2, 0.25) is 0 Å². The molecule has 115 valence electrons. The third-order valence-electron chi connectivity index (χ3n) is 4.09. The molecular weight excluding hydrogens is 390 g/mol. The van der Waals surface area contributed by atoms with E-state index in [4.69, 9.17) is 17.0 Å². The van der Waals surface area contributed by atoms with Crippen molar-refractivity contribution in [3.8, 4) is 11.1 Å². The van der Waals surface area contributed by atoms with E-state index in [1.807, 2.05) is 0 Å². The zero-order chi connectivity index (χ0) is 16.3. The molecule has 0 fully saturated rings. The molecule has 0 atom stereocenters. The van der Waals surface area contributed by atoms with Crippen molar-refractivity contribution >= 4 is 17.0 Å². The molecule has 2 aromatic rings. The van der Waals surface area contributed by atoms with Crippen LogP contribution in [0.2, 0.25) is 0 Å². The van der Waals surface area contributed by atoms with Crippen molar-refractivity contribution in [1.82, 2.24) is 0 Å². The molecule has 3 heteroatoms. The molecule has 3 rings (SSSR count). The van der Waals surface area contributed by atoms with Crippen LogP contribution in [-0.4, -0.2) is 0 Å². The summed E-state index contributed by atoms with van der Waals surface area (Å²) in [6, 6.07) is 13.8. The van der Waals surface area contributed by atoms with Crippen LogP contribution in [0, 0.1) is 6.42 Å². The molecule has 1 aliphatic rings. The quantitative estimate of drug-likeness (QED) is 0.431. The van der Waals surface area contributed by atoms with E-state index >= 15 is 0 Å². The van der Waals surface area contributed by atoms with Gasteiger partial charge in [-0.25, -0.2) is 0 Å². The van der Waals surface area contributed by atoms with Gasteiger partial charge in [-0.15, -0.1) is 0 Å². The van der Waals surface area contributed by atoms with Crippen LogP contribution in [-0.2, 0) is 20.8 Å². The molecule has 0 saturated carbocycles. The first-order valence-corrected chi connectivity index (χ1v) is 13.9. The molecule has 0 spiro atoms. The van der Waals surface area contributed by atoms with Crippen molar-refractivity contribution in [1.29, 1.82) is 0 Å². The third kappa shape index (κ3) is 4.05. The summed E-state index contributed by atoms with van der Waals surface area (Å²) in [6.45, 7) is 9.00. The van der Waals surface area contributed by atoms with Gasteiger partial charge in [-0.3, -0.25) is 0 Å². The second-order valence-corrected chi connectivity index (χ2v) is 9.95. The van der Waals surface area contributed by atoms with E-state index in [2.05, 4.69) is 70.5 Å². The number of benzene rings is 2. The van der Waals surface area contributed by atoms with E-state index < -0.39 is 20.8 Å². The molecule has 22 heavy (non-hydrogen) atoms. The summed E-state index contributed by atoms with van der Waals surface area (Å²) < 4.78 is 0. The Morgan fingerprint density at radius 3 is 1.41 bits per heavy atom. The molecule has 0 aromatic heterocycles. The minimum atomic E-state index is -0.826. The van der Waals surface area contributed by atoms with Crippen LogP contribution < -0.4 is 0 Å². The van der Waals surface area contributed by atoms with E-state index in [1.165, 1.54) is 33.4 Å². The molecule has 0 aliphatic heterocycles. The molecule has 0 heterocycles. The maximum absolute atomic E-state index is 4.93. The van der Waals surface area contributed by atoms with Gasteiger partial charge in [0.15, 0.2) is 0 Å². The average Bonchev–Trinajstić information content (AvgIpc) is 2.84. The second kappa shape index (κ2) is 8.14. The molecular formula is C19H21Cl2Zr. The van der Waals surface area contributed by atoms with Gasteiger partial charge in [0.05, 0.1) is 0 Å². The summed E-state index contributed by atoms with van der Waals surface area (Å²) in [7, 11) is 9.87. The Balaban J connectivity index is 0.000000545. The molecule has 0 saturated heterocycles. The Kier molecular flexibility index (Phi) is 6.75. The van der Waals surface area contributed by atoms with Crippen LogP contribution in [0.1, 0.15) is 61.8 Å². The first-order chi connectivity index (χ1) is 10.5. The summed E-state index contributed by atoms with van der Waals surface area (Å²) in [5, 5.41) is 0. The standard InChI is InChI=1S/C19H21.2ClH.Zr/c1-12(2)14-5-7-18-16(9-14)11-17-10-15(13(3)4)6-8-19(17)18;;;/h5-13H,1-4H3;2*1H;/q;;;+2/p-2. The number of hydrogen-bond acceptors (Lipinski definition) is 0. The van der Waals surface area contributed by atoms with Crippen LogP contribution in [0.3, 0.4) is 0 Å². The van der Waals surface area contributed by atoms with Gasteiger partial charge in [0, 0.05) is 6.42 Å². The van der Waals surface area contributed by atoms with E-state index in [-0.39, 0.29) is 0 Å². The SMILES string of the molecule is CC(C)c1ccc2c(c1)[CH]c1cc(C(C)C)ccc1-2.[Cl][Zr][Cl]. The van der Waals surface area contributed by atoms with Crippen molar-refractivity contribution in [2.45, 2.75) is 39.5 Å². The first-order valence-electron chi connectivity index (χ1n) is 7.57. The third-order valence-corrected chi connectivity index (χ3v) is 4.09. The van der Waals surface area contributed by atoms with Crippen molar-refractivity contribution in [2.24, 2.45) is 0 Å². The Labute approximate surface area is 152 Å². The Bertz CT molecular complexity index is 592. The predicted octanol–water partition coefficient (Wildman–Crippen LogP) is 6.89. The van der Waals surface area contributed by atoms with Gasteiger partial charge in [0.1, 0.15) is 0 Å². The number of rotatable bonds is 2. The van der Waals surface area contributed by atoms with Crippen LogP contribution in [0.15, 0.2) is 36.4 Å². The molecule has 0 bridgehead atoms.